The monoisotopic (exact) mass is 355 g/mol. The molecule has 0 aliphatic rings. The van der Waals surface area contributed by atoms with E-state index < -0.39 is 0 Å². The lowest BCUT2D eigenvalue weighted by atomic mass is 10.00. The zero-order chi connectivity index (χ0) is 13.1. The number of hydrogen-bond donors (Lipinski definition) is 1. The minimum Gasteiger partial charge on any atom is -0.327 e. The van der Waals surface area contributed by atoms with E-state index in [1.165, 1.54) is 11.1 Å². The number of nitrogens with zero attached hydrogens (tertiary/aromatic N) is 2. The molecule has 2 aromatic rings. The van der Waals surface area contributed by atoms with Crippen LogP contribution >= 0.6 is 22.6 Å². The molecule has 4 heteroatoms. The lowest BCUT2D eigenvalue weighted by molar-refractivity contribution is 0.644. The van der Waals surface area contributed by atoms with Gasteiger partial charge in [-0.1, -0.05) is 13.0 Å². The van der Waals surface area contributed by atoms with E-state index in [0.29, 0.717) is 0 Å². The standard InChI is InChI=1S/C14H18IN3/c1-3-13(16)7-11-4-5-14(6-10(11)2)18-9-12(15)8-17-18/h4-6,8-9,13H,3,7,16H2,1-2H3. The molecule has 3 nitrogen and oxygen atoms in total. The Morgan fingerprint density at radius 3 is 2.78 bits per heavy atom. The van der Waals surface area contributed by atoms with Crippen molar-refractivity contribution in [2.45, 2.75) is 32.7 Å². The molecule has 0 saturated carbocycles. The van der Waals surface area contributed by atoms with Crippen LogP contribution in [0.5, 0.6) is 0 Å². The first kappa shape index (κ1) is 13.5. The molecule has 2 N–H and O–H groups in total. The van der Waals surface area contributed by atoms with Crippen molar-refractivity contribution in [2.75, 3.05) is 0 Å². The normalized spacial score (nSPS) is 12.7. The van der Waals surface area contributed by atoms with Crippen molar-refractivity contribution >= 4 is 22.6 Å². The molecule has 0 aliphatic heterocycles. The molecule has 0 radical (unpaired) electrons. The first-order chi connectivity index (χ1) is 8.60. The highest BCUT2D eigenvalue weighted by atomic mass is 127. The summed E-state index contributed by atoms with van der Waals surface area (Å²) in [6.07, 6.45) is 5.83. The molecule has 18 heavy (non-hydrogen) atoms. The van der Waals surface area contributed by atoms with Gasteiger partial charge in [0.25, 0.3) is 0 Å². The van der Waals surface area contributed by atoms with E-state index in [1.54, 1.807) is 0 Å². The minimum absolute atomic E-state index is 0.250. The van der Waals surface area contributed by atoms with Crippen molar-refractivity contribution < 1.29 is 0 Å². The van der Waals surface area contributed by atoms with E-state index in [4.69, 9.17) is 5.73 Å². The Labute approximate surface area is 122 Å². The van der Waals surface area contributed by atoms with E-state index in [-0.39, 0.29) is 6.04 Å². The van der Waals surface area contributed by atoms with Gasteiger partial charge in [0.2, 0.25) is 0 Å². The number of aromatic nitrogens is 2. The van der Waals surface area contributed by atoms with Crippen LogP contribution < -0.4 is 5.73 Å². The van der Waals surface area contributed by atoms with Crippen molar-refractivity contribution in [3.63, 3.8) is 0 Å². The van der Waals surface area contributed by atoms with Crippen molar-refractivity contribution in [1.82, 2.24) is 9.78 Å². The molecular formula is C14H18IN3. The lowest BCUT2D eigenvalue weighted by Gasteiger charge is -2.12. The Bertz CT molecular complexity index is 534. The highest BCUT2D eigenvalue weighted by molar-refractivity contribution is 14.1. The van der Waals surface area contributed by atoms with Crippen molar-refractivity contribution in [1.29, 1.82) is 0 Å². The van der Waals surface area contributed by atoms with Crippen LogP contribution in [0.1, 0.15) is 24.5 Å². The average molecular weight is 355 g/mol. The summed E-state index contributed by atoms with van der Waals surface area (Å²) in [7, 11) is 0. The van der Waals surface area contributed by atoms with Crippen LogP contribution in [0.2, 0.25) is 0 Å². The van der Waals surface area contributed by atoms with E-state index in [1.807, 2.05) is 17.1 Å². The van der Waals surface area contributed by atoms with Gasteiger partial charge >= 0.3 is 0 Å². The highest BCUT2D eigenvalue weighted by Crippen LogP contribution is 2.17. The van der Waals surface area contributed by atoms with Gasteiger partial charge in [0.05, 0.1) is 15.5 Å². The van der Waals surface area contributed by atoms with Crippen molar-refractivity contribution in [3.05, 3.63) is 45.3 Å². The summed E-state index contributed by atoms with van der Waals surface area (Å²) in [6.45, 7) is 4.26. The number of benzene rings is 1. The van der Waals surface area contributed by atoms with Crippen LogP contribution in [0.15, 0.2) is 30.6 Å². The maximum absolute atomic E-state index is 6.01. The van der Waals surface area contributed by atoms with Crippen LogP contribution in [0.4, 0.5) is 0 Å². The summed E-state index contributed by atoms with van der Waals surface area (Å²) < 4.78 is 3.04. The van der Waals surface area contributed by atoms with E-state index >= 15 is 0 Å². The molecular weight excluding hydrogens is 337 g/mol. The molecule has 1 aromatic carbocycles. The van der Waals surface area contributed by atoms with Gasteiger partial charge < -0.3 is 5.73 Å². The SMILES string of the molecule is CCC(N)Cc1ccc(-n2cc(I)cn2)cc1C. The average Bonchev–Trinajstić information content (AvgIpc) is 2.78. The van der Waals surface area contributed by atoms with Gasteiger partial charge in [0.15, 0.2) is 0 Å². The Morgan fingerprint density at radius 2 is 2.22 bits per heavy atom. The van der Waals surface area contributed by atoms with Gasteiger partial charge in [-0.05, 0) is 65.6 Å². The first-order valence-electron chi connectivity index (χ1n) is 6.15. The number of aryl methyl sites for hydroxylation is 1. The fourth-order valence-corrected chi connectivity index (χ4v) is 2.31. The Hall–Kier alpha value is -0.880. The second-order valence-corrected chi connectivity index (χ2v) is 5.83. The Kier molecular flexibility index (Phi) is 4.40. The predicted molar refractivity (Wildman–Crippen MR) is 83.0 cm³/mol. The number of hydrogen-bond acceptors (Lipinski definition) is 2. The van der Waals surface area contributed by atoms with E-state index in [2.05, 4.69) is 59.7 Å². The summed E-state index contributed by atoms with van der Waals surface area (Å²) in [5, 5.41) is 4.32. The molecule has 0 fully saturated rings. The fourth-order valence-electron chi connectivity index (χ4n) is 1.92. The molecule has 1 aromatic heterocycles. The van der Waals surface area contributed by atoms with Gasteiger partial charge in [-0.3, -0.25) is 0 Å². The van der Waals surface area contributed by atoms with Gasteiger partial charge in [-0.25, -0.2) is 4.68 Å². The lowest BCUT2D eigenvalue weighted by Crippen LogP contribution is -2.21. The molecule has 2 rings (SSSR count). The summed E-state index contributed by atoms with van der Waals surface area (Å²) >= 11 is 2.26. The topological polar surface area (TPSA) is 43.8 Å². The number of halogens is 1. The summed E-state index contributed by atoms with van der Waals surface area (Å²) in [5.41, 5.74) is 9.72. The second-order valence-electron chi connectivity index (χ2n) is 4.59. The predicted octanol–water partition coefficient (Wildman–Crippen LogP) is 3.07. The Balaban J connectivity index is 2.24. The molecule has 0 aliphatic carbocycles. The maximum Gasteiger partial charge on any atom is 0.0648 e. The highest BCUT2D eigenvalue weighted by Gasteiger charge is 2.06. The third-order valence-corrected chi connectivity index (χ3v) is 3.71. The first-order valence-corrected chi connectivity index (χ1v) is 7.23. The van der Waals surface area contributed by atoms with E-state index in [0.717, 1.165) is 22.1 Å². The second kappa shape index (κ2) is 5.84. The van der Waals surface area contributed by atoms with Crippen LogP contribution in [0.3, 0.4) is 0 Å². The zero-order valence-corrected chi connectivity index (χ0v) is 12.9. The maximum atomic E-state index is 6.01. The molecule has 1 unspecified atom stereocenters. The molecule has 0 saturated heterocycles. The summed E-state index contributed by atoms with van der Waals surface area (Å²) in [6, 6.07) is 6.68. The molecule has 0 bridgehead atoms. The molecule has 0 spiro atoms. The largest absolute Gasteiger partial charge is 0.327 e. The van der Waals surface area contributed by atoms with Crippen LogP contribution in [0, 0.1) is 10.5 Å². The number of rotatable bonds is 4. The molecule has 0 amide bonds. The molecule has 96 valence electrons. The smallest absolute Gasteiger partial charge is 0.0648 e. The molecule has 1 atom stereocenters. The van der Waals surface area contributed by atoms with Crippen molar-refractivity contribution in [2.24, 2.45) is 5.73 Å². The fraction of sp³-hybridized carbons (Fsp3) is 0.357. The van der Waals surface area contributed by atoms with Crippen LogP contribution in [-0.2, 0) is 6.42 Å². The molecule has 1 heterocycles. The summed E-state index contributed by atoms with van der Waals surface area (Å²) in [5.74, 6) is 0. The number of nitrogens with two attached hydrogens (primary N) is 1. The van der Waals surface area contributed by atoms with Gasteiger partial charge in [0, 0.05) is 12.2 Å². The Morgan fingerprint density at radius 1 is 1.44 bits per heavy atom. The van der Waals surface area contributed by atoms with Gasteiger partial charge in [0.1, 0.15) is 0 Å². The zero-order valence-electron chi connectivity index (χ0n) is 10.7. The van der Waals surface area contributed by atoms with Gasteiger partial charge in [-0.15, -0.1) is 0 Å². The third-order valence-electron chi connectivity index (χ3n) is 3.15. The third kappa shape index (κ3) is 3.11. The quantitative estimate of drug-likeness (QED) is 0.857. The summed E-state index contributed by atoms with van der Waals surface area (Å²) in [4.78, 5) is 0. The van der Waals surface area contributed by atoms with Crippen LogP contribution in [-0.4, -0.2) is 15.8 Å². The van der Waals surface area contributed by atoms with Gasteiger partial charge in [-0.2, -0.15) is 5.10 Å². The van der Waals surface area contributed by atoms with Crippen LogP contribution in [0.25, 0.3) is 5.69 Å². The van der Waals surface area contributed by atoms with Crippen molar-refractivity contribution in [3.8, 4) is 5.69 Å². The van der Waals surface area contributed by atoms with E-state index in [9.17, 15) is 0 Å². The minimum atomic E-state index is 0.250.